The zero-order valence-electron chi connectivity index (χ0n) is 12.6. The van der Waals surface area contributed by atoms with E-state index in [2.05, 4.69) is 37.0 Å². The third-order valence-electron chi connectivity index (χ3n) is 3.54. The van der Waals surface area contributed by atoms with Crippen LogP contribution in [0.5, 0.6) is 0 Å². The number of Topliss-reactive ketones (excluding diaryl/α,β-unsaturated/α-hetero) is 1. The van der Waals surface area contributed by atoms with E-state index in [0.29, 0.717) is 6.42 Å². The fourth-order valence-corrected chi connectivity index (χ4v) is 3.05. The van der Waals surface area contributed by atoms with Gasteiger partial charge in [-0.05, 0) is 66.9 Å². The fourth-order valence-electron chi connectivity index (χ4n) is 2.40. The van der Waals surface area contributed by atoms with Crippen molar-refractivity contribution < 1.29 is 4.79 Å². The van der Waals surface area contributed by atoms with Crippen LogP contribution in [0.1, 0.15) is 39.8 Å². The number of benzene rings is 1. The topological polar surface area (TPSA) is 34.9 Å². The van der Waals surface area contributed by atoms with Gasteiger partial charge in [0.05, 0.1) is 22.3 Å². The molecule has 3 nitrogen and oxygen atoms in total. The van der Waals surface area contributed by atoms with Crippen LogP contribution in [-0.4, -0.2) is 15.6 Å². The monoisotopic (exact) mass is 412 g/mol. The van der Waals surface area contributed by atoms with Gasteiger partial charge in [0.15, 0.2) is 5.78 Å². The number of ketones is 1. The van der Waals surface area contributed by atoms with Crippen LogP contribution < -0.4 is 0 Å². The Labute approximate surface area is 142 Å². The quantitative estimate of drug-likeness (QED) is 0.676. The molecule has 1 aromatic heterocycles. The van der Waals surface area contributed by atoms with Crippen molar-refractivity contribution in [3.8, 4) is 0 Å². The molecule has 0 radical (unpaired) electrons. The van der Waals surface area contributed by atoms with Crippen LogP contribution in [-0.2, 0) is 13.0 Å². The maximum atomic E-state index is 12.6. The summed E-state index contributed by atoms with van der Waals surface area (Å²) in [5, 5.41) is 4.43. The molecule has 0 spiro atoms. The number of aryl methyl sites for hydroxylation is 4. The minimum absolute atomic E-state index is 0.115. The average Bonchev–Trinajstić information content (AvgIpc) is 2.71. The van der Waals surface area contributed by atoms with Crippen molar-refractivity contribution in [3.05, 3.63) is 49.2 Å². The number of carbonyl (C=O) groups is 1. The molecule has 0 aliphatic heterocycles. The minimum atomic E-state index is 0.115. The number of hydrogen-bond donors (Lipinski definition) is 0. The van der Waals surface area contributed by atoms with Gasteiger partial charge in [-0.2, -0.15) is 5.10 Å². The lowest BCUT2D eigenvalue weighted by molar-refractivity contribution is 0.0990. The van der Waals surface area contributed by atoms with Gasteiger partial charge in [0.25, 0.3) is 0 Å². The SMILES string of the molecule is CCn1nc(C)c(Br)c1CC(=O)c1cc(C)c(Br)c(C)c1. The molecule has 0 aliphatic rings. The molecule has 0 fully saturated rings. The number of carbonyl (C=O) groups excluding carboxylic acids is 1. The summed E-state index contributed by atoms with van der Waals surface area (Å²) in [6.07, 6.45) is 0.357. The Bertz CT molecular complexity index is 682. The van der Waals surface area contributed by atoms with E-state index in [1.807, 2.05) is 44.5 Å². The highest BCUT2D eigenvalue weighted by Gasteiger charge is 2.17. The van der Waals surface area contributed by atoms with Gasteiger partial charge < -0.3 is 0 Å². The highest BCUT2D eigenvalue weighted by Crippen LogP contribution is 2.25. The number of nitrogens with zero attached hydrogens (tertiary/aromatic N) is 2. The molecule has 0 N–H and O–H groups in total. The van der Waals surface area contributed by atoms with Crippen molar-refractivity contribution in [1.82, 2.24) is 9.78 Å². The molecule has 0 aliphatic carbocycles. The zero-order chi connectivity index (χ0) is 15.7. The molecule has 0 saturated heterocycles. The highest BCUT2D eigenvalue weighted by molar-refractivity contribution is 9.10. The molecule has 0 atom stereocenters. The van der Waals surface area contributed by atoms with Gasteiger partial charge >= 0.3 is 0 Å². The Morgan fingerprint density at radius 2 is 1.71 bits per heavy atom. The van der Waals surface area contributed by atoms with Gasteiger partial charge in [0.1, 0.15) is 0 Å². The van der Waals surface area contributed by atoms with E-state index in [4.69, 9.17) is 0 Å². The summed E-state index contributed by atoms with van der Waals surface area (Å²) in [5.41, 5.74) is 4.78. The lowest BCUT2D eigenvalue weighted by atomic mass is 10.0. The molecule has 2 aromatic rings. The molecule has 0 amide bonds. The number of aromatic nitrogens is 2. The molecule has 1 aromatic carbocycles. The summed E-state index contributed by atoms with van der Waals surface area (Å²) in [7, 11) is 0. The van der Waals surface area contributed by atoms with Gasteiger partial charge in [-0.25, -0.2) is 0 Å². The Morgan fingerprint density at radius 1 is 1.14 bits per heavy atom. The van der Waals surface area contributed by atoms with Crippen LogP contribution in [0, 0.1) is 20.8 Å². The summed E-state index contributed by atoms with van der Waals surface area (Å²) in [6.45, 7) is 8.74. The van der Waals surface area contributed by atoms with Gasteiger partial charge in [0, 0.05) is 16.6 Å². The first kappa shape index (κ1) is 16.4. The van der Waals surface area contributed by atoms with E-state index in [-0.39, 0.29) is 5.78 Å². The molecule has 0 bridgehead atoms. The van der Waals surface area contributed by atoms with Gasteiger partial charge in [0.2, 0.25) is 0 Å². The lowest BCUT2D eigenvalue weighted by Gasteiger charge is -2.09. The molecule has 0 unspecified atom stereocenters. The maximum Gasteiger partial charge on any atom is 0.168 e. The first-order chi connectivity index (χ1) is 9.85. The Hall–Kier alpha value is -0.940. The van der Waals surface area contributed by atoms with Crippen LogP contribution in [0.15, 0.2) is 21.1 Å². The fraction of sp³-hybridized carbons (Fsp3) is 0.375. The first-order valence-corrected chi connectivity index (χ1v) is 8.45. The zero-order valence-corrected chi connectivity index (χ0v) is 15.8. The van der Waals surface area contributed by atoms with E-state index in [1.165, 1.54) is 0 Å². The van der Waals surface area contributed by atoms with E-state index < -0.39 is 0 Å². The second-order valence-electron chi connectivity index (χ2n) is 5.19. The summed E-state index contributed by atoms with van der Waals surface area (Å²) in [5.74, 6) is 0.115. The molecule has 1 heterocycles. The normalized spacial score (nSPS) is 11.0. The minimum Gasteiger partial charge on any atom is -0.294 e. The first-order valence-electron chi connectivity index (χ1n) is 6.86. The van der Waals surface area contributed by atoms with E-state index in [0.717, 1.165) is 43.6 Å². The van der Waals surface area contributed by atoms with Crippen molar-refractivity contribution in [2.45, 2.75) is 40.7 Å². The Morgan fingerprint density at radius 3 is 2.24 bits per heavy atom. The van der Waals surface area contributed by atoms with Gasteiger partial charge in [-0.15, -0.1) is 0 Å². The Balaban J connectivity index is 2.35. The second-order valence-corrected chi connectivity index (χ2v) is 6.77. The second kappa shape index (κ2) is 6.44. The third kappa shape index (κ3) is 3.29. The van der Waals surface area contributed by atoms with Crippen molar-refractivity contribution >= 4 is 37.6 Å². The van der Waals surface area contributed by atoms with Crippen molar-refractivity contribution in [2.75, 3.05) is 0 Å². The summed E-state index contributed by atoms with van der Waals surface area (Å²) in [6, 6.07) is 3.87. The largest absolute Gasteiger partial charge is 0.294 e. The molecular formula is C16H18Br2N2O. The predicted octanol–water partition coefficient (Wildman–Crippen LogP) is 4.78. The summed E-state index contributed by atoms with van der Waals surface area (Å²) in [4.78, 5) is 12.6. The van der Waals surface area contributed by atoms with Crippen LogP contribution in [0.3, 0.4) is 0 Å². The molecule has 0 saturated carbocycles. The molecular weight excluding hydrogens is 396 g/mol. The van der Waals surface area contributed by atoms with Crippen LogP contribution in [0.2, 0.25) is 0 Å². The number of halogens is 2. The maximum absolute atomic E-state index is 12.6. The van der Waals surface area contributed by atoms with Crippen molar-refractivity contribution in [2.24, 2.45) is 0 Å². The van der Waals surface area contributed by atoms with Gasteiger partial charge in [-0.3, -0.25) is 9.48 Å². The van der Waals surface area contributed by atoms with E-state index in [1.54, 1.807) is 0 Å². The van der Waals surface area contributed by atoms with Crippen LogP contribution in [0.25, 0.3) is 0 Å². The highest BCUT2D eigenvalue weighted by atomic mass is 79.9. The standard InChI is InChI=1S/C16H18Br2N2O/c1-5-20-13(16(18)11(4)19-20)8-14(21)12-6-9(2)15(17)10(3)7-12/h6-7H,5,8H2,1-4H3. The van der Waals surface area contributed by atoms with Gasteiger partial charge in [-0.1, -0.05) is 15.9 Å². The summed E-state index contributed by atoms with van der Waals surface area (Å²) >= 11 is 7.07. The predicted molar refractivity (Wildman–Crippen MR) is 92.0 cm³/mol. The van der Waals surface area contributed by atoms with E-state index in [9.17, 15) is 4.79 Å². The third-order valence-corrected chi connectivity index (χ3v) is 5.82. The summed E-state index contributed by atoms with van der Waals surface area (Å²) < 4.78 is 3.88. The molecule has 112 valence electrons. The smallest absolute Gasteiger partial charge is 0.168 e. The average molecular weight is 414 g/mol. The number of rotatable bonds is 4. The lowest BCUT2D eigenvalue weighted by Crippen LogP contribution is -2.10. The molecule has 21 heavy (non-hydrogen) atoms. The van der Waals surface area contributed by atoms with Crippen LogP contribution >= 0.6 is 31.9 Å². The van der Waals surface area contributed by atoms with Crippen LogP contribution in [0.4, 0.5) is 0 Å². The Kier molecular flexibility index (Phi) is 5.04. The molecule has 5 heteroatoms. The number of hydrogen-bond acceptors (Lipinski definition) is 2. The van der Waals surface area contributed by atoms with Crippen molar-refractivity contribution in [3.63, 3.8) is 0 Å². The van der Waals surface area contributed by atoms with Crippen molar-refractivity contribution in [1.29, 1.82) is 0 Å². The van der Waals surface area contributed by atoms with E-state index >= 15 is 0 Å². The molecule has 2 rings (SSSR count).